The summed E-state index contributed by atoms with van der Waals surface area (Å²) < 4.78 is 19.7. The molecule has 0 atom stereocenters. The normalized spacial score (nSPS) is 18.5. The molecule has 0 aromatic heterocycles. The van der Waals surface area contributed by atoms with Gasteiger partial charge in [-0.3, -0.25) is 0 Å². The van der Waals surface area contributed by atoms with Crippen LogP contribution in [0.1, 0.15) is 43.2 Å². The Balaban J connectivity index is 2.47. The molecule has 0 amide bonds. The van der Waals surface area contributed by atoms with Gasteiger partial charge in [-0.05, 0) is 30.5 Å². The minimum atomic E-state index is -0.254. The third-order valence-electron chi connectivity index (χ3n) is 4.19. The first kappa shape index (κ1) is 14.8. The second kappa shape index (κ2) is 6.21. The largest absolute Gasteiger partial charge is 0.380 e. The topological polar surface area (TPSA) is 35.2 Å². The Morgan fingerprint density at radius 2 is 2.00 bits per heavy atom. The Labute approximate surface area is 119 Å². The highest BCUT2D eigenvalue weighted by molar-refractivity contribution is 6.30. The molecule has 0 unspecified atom stereocenters. The van der Waals surface area contributed by atoms with E-state index >= 15 is 0 Å². The molecule has 1 aliphatic carbocycles. The fourth-order valence-electron chi connectivity index (χ4n) is 3.10. The third-order valence-corrected chi connectivity index (χ3v) is 4.40. The van der Waals surface area contributed by atoms with E-state index in [-0.39, 0.29) is 17.8 Å². The highest BCUT2D eigenvalue weighted by Crippen LogP contribution is 2.41. The van der Waals surface area contributed by atoms with Crippen LogP contribution < -0.4 is 5.73 Å². The quantitative estimate of drug-likeness (QED) is 0.913. The van der Waals surface area contributed by atoms with Crippen LogP contribution in [0.3, 0.4) is 0 Å². The molecule has 1 aromatic rings. The molecule has 1 fully saturated rings. The predicted octanol–water partition coefficient (Wildman–Crippen LogP) is 3.79. The first-order valence-electron chi connectivity index (χ1n) is 6.80. The zero-order valence-corrected chi connectivity index (χ0v) is 12.1. The van der Waals surface area contributed by atoms with Crippen molar-refractivity contribution in [3.63, 3.8) is 0 Å². The van der Waals surface area contributed by atoms with Crippen molar-refractivity contribution >= 4 is 11.6 Å². The van der Waals surface area contributed by atoms with E-state index < -0.39 is 0 Å². The lowest BCUT2D eigenvalue weighted by molar-refractivity contribution is 0.180. The Kier molecular flexibility index (Phi) is 4.82. The molecular weight excluding hydrogens is 265 g/mol. The van der Waals surface area contributed by atoms with Gasteiger partial charge in [0.05, 0.1) is 6.61 Å². The van der Waals surface area contributed by atoms with E-state index in [0.29, 0.717) is 22.7 Å². The fourth-order valence-corrected chi connectivity index (χ4v) is 3.34. The molecule has 0 saturated heterocycles. The van der Waals surface area contributed by atoms with Crippen LogP contribution in [0.4, 0.5) is 4.39 Å². The van der Waals surface area contributed by atoms with Crippen LogP contribution >= 0.6 is 11.6 Å². The maximum absolute atomic E-state index is 14.7. The molecule has 0 bridgehead atoms. The number of rotatable bonds is 4. The number of benzene rings is 1. The lowest BCUT2D eigenvalue weighted by Crippen LogP contribution is -2.38. The van der Waals surface area contributed by atoms with Gasteiger partial charge in [-0.15, -0.1) is 0 Å². The molecule has 0 aliphatic heterocycles. The molecule has 4 heteroatoms. The second-order valence-electron chi connectivity index (χ2n) is 5.40. The molecular formula is C15H21ClFNO. The third kappa shape index (κ3) is 2.93. The molecule has 0 radical (unpaired) electrons. The van der Waals surface area contributed by atoms with Crippen molar-refractivity contribution in [1.29, 1.82) is 0 Å². The molecule has 1 aliphatic rings. The maximum atomic E-state index is 14.7. The first-order chi connectivity index (χ1) is 9.13. The zero-order valence-electron chi connectivity index (χ0n) is 11.3. The summed E-state index contributed by atoms with van der Waals surface area (Å²) in [5, 5.41) is 0.557. The van der Waals surface area contributed by atoms with E-state index in [2.05, 4.69) is 0 Å². The van der Waals surface area contributed by atoms with Crippen molar-refractivity contribution in [1.82, 2.24) is 0 Å². The summed E-state index contributed by atoms with van der Waals surface area (Å²) in [5.74, 6) is -0.196. The summed E-state index contributed by atoms with van der Waals surface area (Å²) >= 11 is 6.13. The molecule has 1 saturated carbocycles. The molecule has 1 aromatic carbocycles. The van der Waals surface area contributed by atoms with Crippen LogP contribution in [0.15, 0.2) is 12.1 Å². The Bertz CT molecular complexity index is 444. The van der Waals surface area contributed by atoms with Gasteiger partial charge in [-0.2, -0.15) is 0 Å². The van der Waals surface area contributed by atoms with Crippen molar-refractivity contribution in [2.24, 2.45) is 5.73 Å². The number of hydrogen-bond acceptors (Lipinski definition) is 2. The predicted molar refractivity (Wildman–Crippen MR) is 75.9 cm³/mol. The lowest BCUT2D eigenvalue weighted by Gasteiger charge is -2.37. The summed E-state index contributed by atoms with van der Waals surface area (Å²) in [6.07, 6.45) is 5.28. The smallest absolute Gasteiger partial charge is 0.132 e. The molecule has 0 spiro atoms. The van der Waals surface area contributed by atoms with Crippen molar-refractivity contribution in [2.45, 2.75) is 44.1 Å². The summed E-state index contributed by atoms with van der Waals surface area (Å²) in [6, 6.07) is 3.38. The lowest BCUT2D eigenvalue weighted by atomic mass is 9.69. The molecule has 2 nitrogen and oxygen atoms in total. The van der Waals surface area contributed by atoms with Gasteiger partial charge in [0.15, 0.2) is 0 Å². The number of halogens is 2. The van der Waals surface area contributed by atoms with Gasteiger partial charge < -0.3 is 10.5 Å². The van der Waals surface area contributed by atoms with E-state index in [1.54, 1.807) is 19.2 Å². The average molecular weight is 286 g/mol. The van der Waals surface area contributed by atoms with E-state index in [1.807, 2.05) is 0 Å². The molecule has 106 valence electrons. The van der Waals surface area contributed by atoms with E-state index in [9.17, 15) is 4.39 Å². The zero-order chi connectivity index (χ0) is 13.9. The SMILES string of the molecule is COCc1cc(Cl)cc(C2(CN)CCCCC2)c1F. The monoisotopic (exact) mass is 285 g/mol. The van der Waals surface area contributed by atoms with Crippen LogP contribution in [0, 0.1) is 5.82 Å². The van der Waals surface area contributed by atoms with Crippen LogP contribution in [-0.2, 0) is 16.8 Å². The van der Waals surface area contributed by atoms with Gasteiger partial charge in [0, 0.05) is 29.7 Å². The Morgan fingerprint density at radius 1 is 1.32 bits per heavy atom. The van der Waals surface area contributed by atoms with Gasteiger partial charge in [-0.25, -0.2) is 4.39 Å². The summed E-state index contributed by atoms with van der Waals surface area (Å²) in [4.78, 5) is 0. The number of nitrogens with two attached hydrogens (primary N) is 1. The van der Waals surface area contributed by atoms with Gasteiger partial charge in [-0.1, -0.05) is 30.9 Å². The minimum absolute atomic E-state index is 0.196. The summed E-state index contributed by atoms with van der Waals surface area (Å²) in [7, 11) is 1.55. The van der Waals surface area contributed by atoms with Crippen LogP contribution in [0.25, 0.3) is 0 Å². The molecule has 0 heterocycles. The summed E-state index contributed by atoms with van der Waals surface area (Å²) in [5.41, 5.74) is 6.91. The fraction of sp³-hybridized carbons (Fsp3) is 0.600. The van der Waals surface area contributed by atoms with Crippen molar-refractivity contribution in [3.05, 3.63) is 34.1 Å². The molecule has 2 rings (SSSR count). The van der Waals surface area contributed by atoms with Crippen molar-refractivity contribution in [3.8, 4) is 0 Å². The van der Waals surface area contributed by atoms with E-state index in [0.717, 1.165) is 25.7 Å². The van der Waals surface area contributed by atoms with E-state index in [1.165, 1.54) is 6.42 Å². The van der Waals surface area contributed by atoms with Gasteiger partial charge in [0.25, 0.3) is 0 Å². The first-order valence-corrected chi connectivity index (χ1v) is 7.18. The number of ether oxygens (including phenoxy) is 1. The van der Waals surface area contributed by atoms with Crippen molar-refractivity contribution in [2.75, 3.05) is 13.7 Å². The molecule has 2 N–H and O–H groups in total. The van der Waals surface area contributed by atoms with Crippen LogP contribution in [0.5, 0.6) is 0 Å². The summed E-state index contributed by atoms with van der Waals surface area (Å²) in [6.45, 7) is 0.705. The van der Waals surface area contributed by atoms with Gasteiger partial charge in [0.2, 0.25) is 0 Å². The highest BCUT2D eigenvalue weighted by atomic mass is 35.5. The number of hydrogen-bond donors (Lipinski definition) is 1. The standard InChI is InChI=1S/C15H21ClFNO/c1-19-9-11-7-12(16)8-13(14(11)17)15(10-18)5-3-2-4-6-15/h7-8H,2-6,9-10,18H2,1H3. The highest BCUT2D eigenvalue weighted by Gasteiger charge is 2.35. The maximum Gasteiger partial charge on any atom is 0.132 e. The average Bonchev–Trinajstić information content (AvgIpc) is 2.43. The van der Waals surface area contributed by atoms with Gasteiger partial charge >= 0.3 is 0 Å². The van der Waals surface area contributed by atoms with Crippen LogP contribution in [0.2, 0.25) is 5.02 Å². The molecule has 19 heavy (non-hydrogen) atoms. The van der Waals surface area contributed by atoms with E-state index in [4.69, 9.17) is 22.1 Å². The Hall–Kier alpha value is -0.640. The Morgan fingerprint density at radius 3 is 2.58 bits per heavy atom. The minimum Gasteiger partial charge on any atom is -0.380 e. The van der Waals surface area contributed by atoms with Crippen LogP contribution in [-0.4, -0.2) is 13.7 Å². The number of methoxy groups -OCH3 is 1. The van der Waals surface area contributed by atoms with Gasteiger partial charge in [0.1, 0.15) is 5.82 Å². The van der Waals surface area contributed by atoms with Crippen molar-refractivity contribution < 1.29 is 9.13 Å². The second-order valence-corrected chi connectivity index (χ2v) is 5.84.